The maximum Gasteiger partial charge on any atom is 0.251 e. The lowest BCUT2D eigenvalue weighted by Gasteiger charge is -2.28. The van der Waals surface area contributed by atoms with Crippen LogP contribution in [0.5, 0.6) is 17.2 Å². The second-order valence-corrected chi connectivity index (χ2v) is 10.8. The van der Waals surface area contributed by atoms with E-state index in [0.717, 1.165) is 22.6 Å². The zero-order valence-corrected chi connectivity index (χ0v) is 23.5. The summed E-state index contributed by atoms with van der Waals surface area (Å²) in [5.74, 6) is 1.44. The van der Waals surface area contributed by atoms with Crippen LogP contribution in [0.1, 0.15) is 52.6 Å². The molecule has 0 spiro atoms. The van der Waals surface area contributed by atoms with Crippen molar-refractivity contribution in [1.82, 2.24) is 10.6 Å². The van der Waals surface area contributed by atoms with Gasteiger partial charge in [0.2, 0.25) is 0 Å². The van der Waals surface area contributed by atoms with E-state index in [1.54, 1.807) is 12.1 Å². The molecule has 0 unspecified atom stereocenters. The van der Waals surface area contributed by atoms with Gasteiger partial charge in [-0.1, -0.05) is 48.5 Å². The van der Waals surface area contributed by atoms with Gasteiger partial charge < -0.3 is 30.7 Å². The third-order valence-electron chi connectivity index (χ3n) is 6.87. The van der Waals surface area contributed by atoms with E-state index in [2.05, 4.69) is 10.6 Å². The third-order valence-corrected chi connectivity index (χ3v) is 6.87. The predicted octanol–water partition coefficient (Wildman–Crippen LogP) is 5.29. The zero-order chi connectivity index (χ0) is 29.2. The molecule has 0 bridgehead atoms. The van der Waals surface area contributed by atoms with Gasteiger partial charge in [-0.2, -0.15) is 0 Å². The van der Waals surface area contributed by atoms with E-state index in [-0.39, 0.29) is 23.8 Å². The largest absolute Gasteiger partial charge is 0.508 e. The molecule has 214 valence electrons. The van der Waals surface area contributed by atoms with E-state index >= 15 is 0 Å². The molecule has 0 aliphatic rings. The second kappa shape index (κ2) is 13.9. The van der Waals surface area contributed by atoms with Crippen LogP contribution in [0.15, 0.2) is 97.1 Å². The van der Waals surface area contributed by atoms with Crippen molar-refractivity contribution in [3.8, 4) is 17.2 Å². The van der Waals surface area contributed by atoms with Crippen LogP contribution in [0.25, 0.3) is 0 Å². The van der Waals surface area contributed by atoms with Crippen molar-refractivity contribution in [1.29, 1.82) is 0 Å². The number of β-amino-alcohol motifs (C(OH)–C–C–N with tert-alkyl or cyclic N) is 1. The highest BCUT2D eigenvalue weighted by atomic mass is 16.5. The van der Waals surface area contributed by atoms with Gasteiger partial charge in [0.25, 0.3) is 5.91 Å². The van der Waals surface area contributed by atoms with Crippen LogP contribution in [0.2, 0.25) is 0 Å². The fourth-order valence-electron chi connectivity index (χ4n) is 4.60. The molecular formula is C34H38N2O5. The van der Waals surface area contributed by atoms with Crippen LogP contribution >= 0.6 is 0 Å². The Labute approximate surface area is 241 Å². The first-order chi connectivity index (χ1) is 19.7. The highest BCUT2D eigenvalue weighted by molar-refractivity contribution is 5.94. The lowest BCUT2D eigenvalue weighted by Crippen LogP contribution is -2.43. The highest BCUT2D eigenvalue weighted by Gasteiger charge is 2.21. The first-order valence-corrected chi connectivity index (χ1v) is 13.8. The number of carbonyl (C=O) groups is 1. The smallest absolute Gasteiger partial charge is 0.251 e. The van der Waals surface area contributed by atoms with Crippen molar-refractivity contribution in [2.24, 2.45) is 0 Å². The van der Waals surface area contributed by atoms with E-state index in [1.807, 2.05) is 92.7 Å². The van der Waals surface area contributed by atoms with Crippen LogP contribution < -0.4 is 15.4 Å². The molecule has 5 N–H and O–H groups in total. The number of aliphatic hydroxyl groups is 2. The van der Waals surface area contributed by atoms with Crippen molar-refractivity contribution in [2.45, 2.75) is 44.9 Å². The SMILES string of the molecule is CC(C)(Cc1cccc(C(=O)NCCc2ccc(Oc3ccccc3)cc2)c1)NC[C@@H](O)c1ccc(O)c(CO)c1. The molecule has 0 saturated heterocycles. The molecule has 7 heteroatoms. The van der Waals surface area contributed by atoms with E-state index in [4.69, 9.17) is 4.74 Å². The molecule has 7 nitrogen and oxygen atoms in total. The third kappa shape index (κ3) is 8.91. The van der Waals surface area contributed by atoms with Crippen molar-refractivity contribution >= 4 is 5.91 Å². The van der Waals surface area contributed by atoms with Gasteiger partial charge in [0.05, 0.1) is 12.7 Å². The fourth-order valence-corrected chi connectivity index (χ4v) is 4.60. The number of benzene rings is 4. The Balaban J connectivity index is 1.25. The average molecular weight is 555 g/mol. The lowest BCUT2D eigenvalue weighted by atomic mass is 9.93. The summed E-state index contributed by atoms with van der Waals surface area (Å²) in [6.07, 6.45) is 0.553. The summed E-state index contributed by atoms with van der Waals surface area (Å²) in [6.45, 7) is 4.59. The summed E-state index contributed by atoms with van der Waals surface area (Å²) >= 11 is 0. The standard InChI is InChI=1S/C34H38N2O5/c1-34(2,36-22-32(39)26-13-16-31(38)28(20-26)23-37)21-25-7-6-8-27(19-25)33(40)35-18-17-24-11-14-30(15-12-24)41-29-9-4-3-5-10-29/h3-16,19-20,32,36-39H,17-18,21-23H2,1-2H3,(H,35,40)/t32-/m1/s1. The Hall–Kier alpha value is -4.17. The van der Waals surface area contributed by atoms with E-state index in [0.29, 0.717) is 42.6 Å². The molecular weight excluding hydrogens is 516 g/mol. The number of rotatable bonds is 13. The van der Waals surface area contributed by atoms with Gasteiger partial charge in [0.1, 0.15) is 17.2 Å². The molecule has 1 amide bonds. The van der Waals surface area contributed by atoms with Crippen LogP contribution in [0.3, 0.4) is 0 Å². The van der Waals surface area contributed by atoms with Crippen molar-refractivity contribution in [3.05, 3.63) is 125 Å². The Kier molecular flexibility index (Phi) is 10.1. The number of hydrogen-bond donors (Lipinski definition) is 5. The number of amides is 1. The first-order valence-electron chi connectivity index (χ1n) is 13.8. The summed E-state index contributed by atoms with van der Waals surface area (Å²) in [6, 6.07) is 29.8. The summed E-state index contributed by atoms with van der Waals surface area (Å²) in [4.78, 5) is 12.8. The molecule has 4 rings (SSSR count). The topological polar surface area (TPSA) is 111 Å². The molecule has 4 aromatic rings. The monoisotopic (exact) mass is 554 g/mol. The highest BCUT2D eigenvalue weighted by Crippen LogP contribution is 2.24. The Morgan fingerprint density at radius 3 is 2.34 bits per heavy atom. The second-order valence-electron chi connectivity index (χ2n) is 10.8. The number of aliphatic hydroxyl groups excluding tert-OH is 2. The van der Waals surface area contributed by atoms with Gasteiger partial charge in [-0.25, -0.2) is 0 Å². The molecule has 0 aliphatic heterocycles. The Morgan fingerprint density at radius 2 is 1.61 bits per heavy atom. The van der Waals surface area contributed by atoms with Gasteiger partial charge in [0, 0.05) is 29.8 Å². The molecule has 0 fully saturated rings. The fraction of sp³-hybridized carbons (Fsp3) is 0.265. The number of nitrogens with one attached hydrogen (secondary N) is 2. The number of phenols is 1. The molecule has 4 aromatic carbocycles. The molecule has 0 aromatic heterocycles. The van der Waals surface area contributed by atoms with E-state index in [1.165, 1.54) is 6.07 Å². The summed E-state index contributed by atoms with van der Waals surface area (Å²) in [5.41, 5.74) is 3.35. The van der Waals surface area contributed by atoms with Crippen LogP contribution in [-0.2, 0) is 19.4 Å². The predicted molar refractivity (Wildman–Crippen MR) is 160 cm³/mol. The van der Waals surface area contributed by atoms with Crippen LogP contribution in [-0.4, -0.2) is 39.9 Å². The minimum absolute atomic E-state index is 0.00365. The lowest BCUT2D eigenvalue weighted by molar-refractivity contribution is 0.0954. The number of aromatic hydroxyl groups is 1. The van der Waals surface area contributed by atoms with Crippen molar-refractivity contribution < 1.29 is 24.9 Å². The van der Waals surface area contributed by atoms with Gasteiger partial charge in [0.15, 0.2) is 0 Å². The average Bonchev–Trinajstić information content (AvgIpc) is 2.97. The summed E-state index contributed by atoms with van der Waals surface area (Å²) in [7, 11) is 0. The van der Waals surface area contributed by atoms with E-state index < -0.39 is 6.10 Å². The molecule has 0 heterocycles. The number of hydrogen-bond acceptors (Lipinski definition) is 6. The number of carbonyl (C=O) groups excluding carboxylic acids is 1. The Morgan fingerprint density at radius 1 is 0.878 bits per heavy atom. The maximum atomic E-state index is 12.8. The molecule has 0 aliphatic carbocycles. The van der Waals surface area contributed by atoms with E-state index in [9.17, 15) is 20.1 Å². The number of ether oxygens (including phenoxy) is 1. The van der Waals surface area contributed by atoms with Crippen LogP contribution in [0, 0.1) is 0 Å². The minimum atomic E-state index is -0.801. The molecule has 0 saturated carbocycles. The molecule has 1 atom stereocenters. The summed E-state index contributed by atoms with van der Waals surface area (Å²) in [5, 5.41) is 36.2. The van der Waals surface area contributed by atoms with Gasteiger partial charge >= 0.3 is 0 Å². The molecule has 41 heavy (non-hydrogen) atoms. The summed E-state index contributed by atoms with van der Waals surface area (Å²) < 4.78 is 5.84. The van der Waals surface area contributed by atoms with Gasteiger partial charge in [-0.15, -0.1) is 0 Å². The molecule has 0 radical (unpaired) electrons. The maximum absolute atomic E-state index is 12.8. The zero-order valence-electron chi connectivity index (χ0n) is 23.5. The number of para-hydroxylation sites is 1. The van der Waals surface area contributed by atoms with Crippen molar-refractivity contribution in [2.75, 3.05) is 13.1 Å². The quantitative estimate of drug-likeness (QED) is 0.154. The van der Waals surface area contributed by atoms with Crippen molar-refractivity contribution in [3.63, 3.8) is 0 Å². The Bertz CT molecular complexity index is 1420. The normalized spacial score (nSPS) is 12.1. The first kappa shape index (κ1) is 29.8. The minimum Gasteiger partial charge on any atom is -0.508 e. The van der Waals surface area contributed by atoms with Crippen LogP contribution in [0.4, 0.5) is 0 Å². The van der Waals surface area contributed by atoms with Gasteiger partial charge in [-0.05, 0) is 91.9 Å². The van der Waals surface area contributed by atoms with Gasteiger partial charge in [-0.3, -0.25) is 4.79 Å².